The van der Waals surface area contributed by atoms with E-state index in [4.69, 9.17) is 14.2 Å². The Hall–Kier alpha value is -1.10. The molecule has 0 aliphatic rings. The van der Waals surface area contributed by atoms with Gasteiger partial charge in [-0.3, -0.25) is 9.59 Å². The molecule has 100 valence electrons. The van der Waals surface area contributed by atoms with E-state index in [2.05, 4.69) is 0 Å². The second-order valence-electron chi connectivity index (χ2n) is 4.35. The topological polar surface area (TPSA) is 61.8 Å². The van der Waals surface area contributed by atoms with Crippen molar-refractivity contribution < 1.29 is 23.8 Å². The molecule has 0 fully saturated rings. The highest BCUT2D eigenvalue weighted by atomic mass is 16.6. The van der Waals surface area contributed by atoms with Gasteiger partial charge in [0.25, 0.3) is 0 Å². The number of hydrogen-bond donors (Lipinski definition) is 0. The summed E-state index contributed by atoms with van der Waals surface area (Å²) in [4.78, 5) is 21.8. The normalized spacial score (nSPS) is 14.2. The lowest BCUT2D eigenvalue weighted by atomic mass is 10.2. The molecule has 0 spiro atoms. The maximum atomic E-state index is 11.3. The number of carbonyl (C=O) groups excluding carboxylic acids is 2. The van der Waals surface area contributed by atoms with Gasteiger partial charge in [-0.25, -0.2) is 0 Å². The number of rotatable bonds is 7. The van der Waals surface area contributed by atoms with Crippen LogP contribution in [0.15, 0.2) is 0 Å². The van der Waals surface area contributed by atoms with Crippen molar-refractivity contribution in [3.05, 3.63) is 0 Å². The number of ether oxygens (including phenoxy) is 3. The highest BCUT2D eigenvalue weighted by molar-refractivity contribution is 5.71. The molecule has 0 bridgehead atoms. The number of hydrogen-bond acceptors (Lipinski definition) is 5. The summed E-state index contributed by atoms with van der Waals surface area (Å²) >= 11 is 0. The summed E-state index contributed by atoms with van der Waals surface area (Å²) in [6.45, 7) is 8.96. The fourth-order valence-electron chi connectivity index (χ4n) is 0.951. The van der Waals surface area contributed by atoms with E-state index >= 15 is 0 Å². The lowest BCUT2D eigenvalue weighted by Gasteiger charge is -2.18. The highest BCUT2D eigenvalue weighted by Crippen LogP contribution is 2.02. The summed E-state index contributed by atoms with van der Waals surface area (Å²) in [7, 11) is 0. The molecule has 0 aliphatic carbocycles. The summed E-state index contributed by atoms with van der Waals surface area (Å²) in [5.41, 5.74) is 0. The minimum Gasteiger partial charge on any atom is -0.463 e. The van der Waals surface area contributed by atoms with Crippen molar-refractivity contribution in [1.82, 2.24) is 0 Å². The lowest BCUT2D eigenvalue weighted by Crippen LogP contribution is -2.27. The quantitative estimate of drug-likeness (QED) is 0.638. The smallest absolute Gasteiger partial charge is 0.308 e. The van der Waals surface area contributed by atoms with Gasteiger partial charge in [0.2, 0.25) is 0 Å². The van der Waals surface area contributed by atoms with E-state index < -0.39 is 0 Å². The van der Waals surface area contributed by atoms with Crippen LogP contribution in [0, 0.1) is 5.92 Å². The van der Waals surface area contributed by atoms with Crippen LogP contribution in [0.2, 0.25) is 0 Å². The largest absolute Gasteiger partial charge is 0.463 e. The molecular weight excluding hydrogens is 224 g/mol. The van der Waals surface area contributed by atoms with E-state index in [-0.39, 0.29) is 36.7 Å². The molecule has 0 saturated heterocycles. The van der Waals surface area contributed by atoms with Crippen molar-refractivity contribution >= 4 is 11.9 Å². The van der Waals surface area contributed by atoms with Gasteiger partial charge in [-0.15, -0.1) is 0 Å². The van der Waals surface area contributed by atoms with Crippen molar-refractivity contribution in [2.45, 2.75) is 46.8 Å². The molecule has 0 aromatic carbocycles. The lowest BCUT2D eigenvalue weighted by molar-refractivity contribution is -0.157. The minimum atomic E-state index is -0.334. The van der Waals surface area contributed by atoms with Gasteiger partial charge in [-0.05, 0) is 13.8 Å². The Kier molecular flexibility index (Phi) is 7.54. The SMILES string of the molecule is CC(=O)OCC(C)OCC(C)OC(=O)C(C)C. The van der Waals surface area contributed by atoms with E-state index in [1.54, 1.807) is 27.7 Å². The molecule has 0 amide bonds. The van der Waals surface area contributed by atoms with E-state index in [1.807, 2.05) is 0 Å². The molecule has 0 aromatic heterocycles. The van der Waals surface area contributed by atoms with E-state index in [9.17, 15) is 9.59 Å². The Morgan fingerprint density at radius 1 is 1.00 bits per heavy atom. The molecular formula is C12H22O5. The summed E-state index contributed by atoms with van der Waals surface area (Å²) in [5.74, 6) is -0.718. The second kappa shape index (κ2) is 8.06. The van der Waals surface area contributed by atoms with Crippen molar-refractivity contribution in [2.24, 2.45) is 5.92 Å². The van der Waals surface area contributed by atoms with Crippen LogP contribution in [-0.4, -0.2) is 37.4 Å². The van der Waals surface area contributed by atoms with Gasteiger partial charge in [0.15, 0.2) is 0 Å². The Morgan fingerprint density at radius 2 is 1.59 bits per heavy atom. The Bertz CT molecular complexity index is 249. The molecule has 0 N–H and O–H groups in total. The van der Waals surface area contributed by atoms with Gasteiger partial charge < -0.3 is 14.2 Å². The van der Waals surface area contributed by atoms with E-state index in [0.717, 1.165) is 0 Å². The third-order valence-corrected chi connectivity index (χ3v) is 1.93. The Balaban J connectivity index is 3.72. The zero-order valence-electron chi connectivity index (χ0n) is 11.2. The number of esters is 2. The van der Waals surface area contributed by atoms with Crippen LogP contribution < -0.4 is 0 Å². The zero-order chi connectivity index (χ0) is 13.4. The monoisotopic (exact) mass is 246 g/mol. The van der Waals surface area contributed by atoms with Crippen LogP contribution in [0.25, 0.3) is 0 Å². The fourth-order valence-corrected chi connectivity index (χ4v) is 0.951. The molecule has 0 heterocycles. The second-order valence-corrected chi connectivity index (χ2v) is 4.35. The average Bonchev–Trinajstić information content (AvgIpc) is 2.23. The molecule has 0 rings (SSSR count). The van der Waals surface area contributed by atoms with Crippen LogP contribution in [0.3, 0.4) is 0 Å². The van der Waals surface area contributed by atoms with Crippen LogP contribution in [0.4, 0.5) is 0 Å². The molecule has 0 aliphatic heterocycles. The molecule has 5 heteroatoms. The van der Waals surface area contributed by atoms with Crippen LogP contribution >= 0.6 is 0 Å². The van der Waals surface area contributed by atoms with Crippen molar-refractivity contribution in [2.75, 3.05) is 13.2 Å². The molecule has 2 atom stereocenters. The van der Waals surface area contributed by atoms with Gasteiger partial charge >= 0.3 is 11.9 Å². The first-order valence-corrected chi connectivity index (χ1v) is 5.78. The third kappa shape index (κ3) is 8.68. The third-order valence-electron chi connectivity index (χ3n) is 1.93. The maximum absolute atomic E-state index is 11.3. The maximum Gasteiger partial charge on any atom is 0.308 e. The van der Waals surface area contributed by atoms with Gasteiger partial charge in [0.05, 0.1) is 18.6 Å². The van der Waals surface area contributed by atoms with Crippen molar-refractivity contribution in [1.29, 1.82) is 0 Å². The predicted octanol–water partition coefficient (Wildman–Crippen LogP) is 1.54. The average molecular weight is 246 g/mol. The van der Waals surface area contributed by atoms with Gasteiger partial charge in [-0.2, -0.15) is 0 Å². The van der Waals surface area contributed by atoms with Crippen LogP contribution in [0.1, 0.15) is 34.6 Å². The highest BCUT2D eigenvalue weighted by Gasteiger charge is 2.14. The van der Waals surface area contributed by atoms with Gasteiger partial charge in [0.1, 0.15) is 12.7 Å². The first kappa shape index (κ1) is 15.9. The van der Waals surface area contributed by atoms with Crippen molar-refractivity contribution in [3.8, 4) is 0 Å². The van der Waals surface area contributed by atoms with Gasteiger partial charge in [-0.1, -0.05) is 13.8 Å². The standard InChI is InChI=1S/C12H22O5/c1-8(2)12(14)17-10(4)7-15-9(3)6-16-11(5)13/h8-10H,6-7H2,1-5H3. The first-order valence-electron chi connectivity index (χ1n) is 5.78. The van der Waals surface area contributed by atoms with E-state index in [1.165, 1.54) is 6.92 Å². The summed E-state index contributed by atoms with van der Waals surface area (Å²) in [5, 5.41) is 0. The summed E-state index contributed by atoms with van der Waals surface area (Å²) in [6, 6.07) is 0. The first-order chi connectivity index (χ1) is 7.82. The molecule has 2 unspecified atom stereocenters. The van der Waals surface area contributed by atoms with Crippen molar-refractivity contribution in [3.63, 3.8) is 0 Å². The zero-order valence-corrected chi connectivity index (χ0v) is 11.2. The fraction of sp³-hybridized carbons (Fsp3) is 0.833. The van der Waals surface area contributed by atoms with E-state index in [0.29, 0.717) is 6.61 Å². The molecule has 0 aromatic rings. The molecule has 0 saturated carbocycles. The number of carbonyl (C=O) groups is 2. The molecule has 0 radical (unpaired) electrons. The van der Waals surface area contributed by atoms with Gasteiger partial charge in [0, 0.05) is 6.92 Å². The van der Waals surface area contributed by atoms with Crippen LogP contribution in [-0.2, 0) is 23.8 Å². The van der Waals surface area contributed by atoms with Crippen LogP contribution in [0.5, 0.6) is 0 Å². The Labute approximate surface area is 102 Å². The Morgan fingerprint density at radius 3 is 2.06 bits per heavy atom. The predicted molar refractivity (Wildman–Crippen MR) is 62.4 cm³/mol. The summed E-state index contributed by atoms with van der Waals surface area (Å²) < 4.78 is 15.3. The minimum absolute atomic E-state index is 0.143. The summed E-state index contributed by atoms with van der Waals surface area (Å²) in [6.07, 6.45) is -0.510. The molecule has 5 nitrogen and oxygen atoms in total. The molecule has 17 heavy (non-hydrogen) atoms.